The number of nitrogens with one attached hydrogen (secondary N) is 2. The Labute approximate surface area is 238 Å². The molecule has 2 fully saturated rings. The highest BCUT2D eigenvalue weighted by Crippen LogP contribution is 2.38. The van der Waals surface area contributed by atoms with Crippen LogP contribution in [0.1, 0.15) is 19.8 Å². The second-order valence-electron chi connectivity index (χ2n) is 11.0. The normalized spacial score (nSPS) is 17.6. The molecule has 2 aliphatic heterocycles. The molecular formula is C30H42N7O2P. The lowest BCUT2D eigenvalue weighted by molar-refractivity contribution is 0.0878. The van der Waals surface area contributed by atoms with Crippen molar-refractivity contribution in [1.82, 2.24) is 19.8 Å². The maximum atomic E-state index is 12.8. The predicted molar refractivity (Wildman–Crippen MR) is 166 cm³/mol. The number of likely N-dealkylation sites (N-methyl/N-ethyl adjacent to an activating group) is 1. The van der Waals surface area contributed by atoms with E-state index in [1.165, 1.54) is 44.7 Å². The van der Waals surface area contributed by atoms with Crippen LogP contribution in [0.25, 0.3) is 0 Å². The van der Waals surface area contributed by atoms with E-state index in [1.54, 1.807) is 32.7 Å². The number of piperazine rings is 1. The number of ether oxygens (including phenoxy) is 1. The molecule has 0 aliphatic carbocycles. The summed E-state index contributed by atoms with van der Waals surface area (Å²) in [6.45, 7) is 13.8. The maximum absolute atomic E-state index is 12.8. The van der Waals surface area contributed by atoms with Gasteiger partial charge in [-0.3, -0.25) is 4.90 Å². The number of para-hydroxylation sites is 1. The Hall–Kier alpha value is -3.13. The van der Waals surface area contributed by atoms with Crippen LogP contribution in [-0.4, -0.2) is 92.1 Å². The summed E-state index contributed by atoms with van der Waals surface area (Å²) < 4.78 is 18.5. The molecule has 0 amide bonds. The number of hydrogen-bond donors (Lipinski definition) is 2. The summed E-state index contributed by atoms with van der Waals surface area (Å²) in [5.74, 6) is 1.82. The van der Waals surface area contributed by atoms with Gasteiger partial charge in [0, 0.05) is 68.6 Å². The Morgan fingerprint density at radius 3 is 2.40 bits per heavy atom. The highest BCUT2D eigenvalue weighted by atomic mass is 31.2. The average molecular weight is 564 g/mol. The molecule has 0 spiro atoms. The van der Waals surface area contributed by atoms with Crippen LogP contribution in [0.4, 0.5) is 28.8 Å². The Bertz CT molecular complexity index is 1330. The number of nitrogens with zero attached hydrogens (tertiary/aromatic N) is 5. The molecule has 0 saturated carbocycles. The quantitative estimate of drug-likeness (QED) is 0.356. The minimum Gasteiger partial charge on any atom is -0.494 e. The molecule has 0 unspecified atom stereocenters. The van der Waals surface area contributed by atoms with Gasteiger partial charge in [0.25, 0.3) is 0 Å². The van der Waals surface area contributed by atoms with E-state index in [0.717, 1.165) is 42.1 Å². The van der Waals surface area contributed by atoms with E-state index in [-0.39, 0.29) is 0 Å². The van der Waals surface area contributed by atoms with E-state index in [1.807, 2.05) is 30.3 Å². The fraction of sp³-hybridized carbons (Fsp3) is 0.467. The van der Waals surface area contributed by atoms with Crippen molar-refractivity contribution in [1.29, 1.82) is 0 Å². The molecule has 2 saturated heterocycles. The number of rotatable bonds is 9. The Balaban J connectivity index is 1.23. The average Bonchev–Trinajstić information content (AvgIpc) is 2.97. The summed E-state index contributed by atoms with van der Waals surface area (Å²) in [5.41, 5.74) is 2.77. The second kappa shape index (κ2) is 12.6. The molecule has 5 rings (SSSR count). The zero-order valence-electron chi connectivity index (χ0n) is 24.1. The first kappa shape index (κ1) is 28.4. The molecule has 214 valence electrons. The first-order valence-corrected chi connectivity index (χ1v) is 16.8. The lowest BCUT2D eigenvalue weighted by Gasteiger charge is -2.43. The van der Waals surface area contributed by atoms with Crippen LogP contribution in [0, 0.1) is 0 Å². The molecule has 10 heteroatoms. The summed E-state index contributed by atoms with van der Waals surface area (Å²) in [4.78, 5) is 16.7. The van der Waals surface area contributed by atoms with Crippen LogP contribution >= 0.6 is 7.14 Å². The van der Waals surface area contributed by atoms with E-state index < -0.39 is 7.14 Å². The largest absolute Gasteiger partial charge is 0.494 e. The van der Waals surface area contributed by atoms with Crippen molar-refractivity contribution in [2.45, 2.75) is 25.8 Å². The number of methoxy groups -OCH3 is 1. The van der Waals surface area contributed by atoms with Crippen LogP contribution in [0.5, 0.6) is 5.75 Å². The summed E-state index contributed by atoms with van der Waals surface area (Å²) in [7, 11) is -0.757. The van der Waals surface area contributed by atoms with Gasteiger partial charge in [-0.2, -0.15) is 4.98 Å². The fourth-order valence-electron chi connectivity index (χ4n) is 5.71. The van der Waals surface area contributed by atoms with Gasteiger partial charge in [-0.05, 0) is 63.0 Å². The number of benzene rings is 2. The van der Waals surface area contributed by atoms with Crippen LogP contribution < -0.4 is 25.6 Å². The summed E-state index contributed by atoms with van der Waals surface area (Å²) in [6.07, 6.45) is 4.08. The Morgan fingerprint density at radius 1 is 0.950 bits per heavy atom. The third-order valence-electron chi connectivity index (χ3n) is 8.03. The molecule has 2 aliphatic rings. The molecule has 0 atom stereocenters. The maximum Gasteiger partial charge on any atom is 0.229 e. The Kier molecular flexibility index (Phi) is 8.94. The molecule has 3 heterocycles. The monoisotopic (exact) mass is 563 g/mol. The smallest absolute Gasteiger partial charge is 0.229 e. The standard InChI is InChI=1S/C30H42N7O2P/c1-5-35-18-20-37(21-19-35)23-13-16-36(17-14-23)24-10-11-25(27(22-24)39-2)33-30-31-15-12-29(34-30)32-26-8-6-7-9-28(26)40(3,4)38/h6-12,15,22-23H,5,13-14,16-21H2,1-4H3,(H2,31,32,33,34). The number of anilines is 5. The first-order valence-electron chi connectivity index (χ1n) is 14.2. The predicted octanol–water partition coefficient (Wildman–Crippen LogP) is 4.83. The minimum absolute atomic E-state index is 0.452. The molecule has 40 heavy (non-hydrogen) atoms. The van der Waals surface area contributed by atoms with Gasteiger partial charge in [0.15, 0.2) is 0 Å². The lowest BCUT2D eigenvalue weighted by atomic mass is 10.0. The van der Waals surface area contributed by atoms with E-state index in [0.29, 0.717) is 17.8 Å². The van der Waals surface area contributed by atoms with Gasteiger partial charge in [-0.15, -0.1) is 0 Å². The van der Waals surface area contributed by atoms with Gasteiger partial charge in [-0.25, -0.2) is 4.98 Å². The zero-order chi connectivity index (χ0) is 28.1. The Morgan fingerprint density at radius 2 is 1.70 bits per heavy atom. The number of hydrogen-bond acceptors (Lipinski definition) is 9. The highest BCUT2D eigenvalue weighted by molar-refractivity contribution is 7.70. The van der Waals surface area contributed by atoms with Gasteiger partial charge in [0.05, 0.1) is 18.5 Å². The van der Waals surface area contributed by atoms with Crippen molar-refractivity contribution in [2.24, 2.45) is 0 Å². The molecule has 2 N–H and O–H groups in total. The molecular weight excluding hydrogens is 521 g/mol. The first-order chi connectivity index (χ1) is 19.3. The van der Waals surface area contributed by atoms with Gasteiger partial charge in [0.1, 0.15) is 18.7 Å². The number of piperidine rings is 1. The molecule has 2 aromatic carbocycles. The topological polar surface area (TPSA) is 85.9 Å². The fourth-order valence-corrected chi connectivity index (χ4v) is 6.87. The lowest BCUT2D eigenvalue weighted by Crippen LogP contribution is -2.53. The van der Waals surface area contributed by atoms with Crippen molar-refractivity contribution >= 4 is 41.3 Å². The van der Waals surface area contributed by atoms with Gasteiger partial charge in [-0.1, -0.05) is 19.1 Å². The van der Waals surface area contributed by atoms with Gasteiger partial charge in [0.2, 0.25) is 5.95 Å². The third kappa shape index (κ3) is 6.77. The van der Waals surface area contributed by atoms with Crippen LogP contribution in [0.3, 0.4) is 0 Å². The van der Waals surface area contributed by atoms with Crippen molar-refractivity contribution in [3.8, 4) is 5.75 Å². The van der Waals surface area contributed by atoms with E-state index >= 15 is 0 Å². The molecule has 3 aromatic rings. The van der Waals surface area contributed by atoms with Gasteiger partial charge >= 0.3 is 0 Å². The summed E-state index contributed by atoms with van der Waals surface area (Å²) in [5, 5.41) is 7.42. The third-order valence-corrected chi connectivity index (χ3v) is 9.58. The molecule has 0 radical (unpaired) electrons. The van der Waals surface area contributed by atoms with Crippen molar-refractivity contribution in [3.63, 3.8) is 0 Å². The van der Waals surface area contributed by atoms with Crippen molar-refractivity contribution < 1.29 is 9.30 Å². The SMILES string of the molecule is CCN1CCN(C2CCN(c3ccc(Nc4nccc(Nc5ccccc5P(C)(C)=O)n4)c(OC)c3)CC2)CC1. The van der Waals surface area contributed by atoms with Gasteiger partial charge < -0.3 is 29.7 Å². The van der Waals surface area contributed by atoms with Crippen molar-refractivity contribution in [3.05, 3.63) is 54.7 Å². The second-order valence-corrected chi connectivity index (χ2v) is 14.1. The molecule has 9 nitrogen and oxygen atoms in total. The summed E-state index contributed by atoms with van der Waals surface area (Å²) >= 11 is 0. The number of aromatic nitrogens is 2. The summed E-state index contributed by atoms with van der Waals surface area (Å²) in [6, 6.07) is 16.4. The zero-order valence-corrected chi connectivity index (χ0v) is 25.0. The molecule has 0 bridgehead atoms. The molecule has 1 aromatic heterocycles. The van der Waals surface area contributed by atoms with E-state index in [9.17, 15) is 4.57 Å². The van der Waals surface area contributed by atoms with E-state index in [2.05, 4.69) is 54.4 Å². The van der Waals surface area contributed by atoms with Crippen LogP contribution in [0.2, 0.25) is 0 Å². The van der Waals surface area contributed by atoms with Crippen molar-refractivity contribution in [2.75, 3.05) is 81.8 Å². The van der Waals surface area contributed by atoms with E-state index in [4.69, 9.17) is 4.74 Å². The highest BCUT2D eigenvalue weighted by Gasteiger charge is 2.27. The minimum atomic E-state index is -2.45. The van der Waals surface area contributed by atoms with Crippen LogP contribution in [-0.2, 0) is 4.57 Å². The van der Waals surface area contributed by atoms with Crippen LogP contribution in [0.15, 0.2) is 54.7 Å².